The first kappa shape index (κ1) is 14.4. The Balaban J connectivity index is 1.99. The number of phenols is 2. The summed E-state index contributed by atoms with van der Waals surface area (Å²) in [5, 5.41) is 21.8. The molecule has 3 aromatic rings. The molecule has 112 valence electrons. The van der Waals surface area contributed by atoms with E-state index in [0.29, 0.717) is 6.61 Å². The fraction of sp³-hybridized carbons (Fsp3) is 0.118. The maximum Gasteiger partial charge on any atom is 0.158 e. The SMILES string of the molecule is CCOc1ccccc1-c1nc(-c2ccc(O)c(O)c2)cs1. The molecule has 0 radical (unpaired) electrons. The van der Waals surface area contributed by atoms with Gasteiger partial charge in [0.2, 0.25) is 0 Å². The van der Waals surface area contributed by atoms with Crippen LogP contribution in [0.5, 0.6) is 17.2 Å². The summed E-state index contributed by atoms with van der Waals surface area (Å²) in [5.41, 5.74) is 2.46. The highest BCUT2D eigenvalue weighted by molar-refractivity contribution is 7.13. The summed E-state index contributed by atoms with van der Waals surface area (Å²) in [6, 6.07) is 12.5. The van der Waals surface area contributed by atoms with E-state index in [1.807, 2.05) is 36.6 Å². The topological polar surface area (TPSA) is 62.6 Å². The van der Waals surface area contributed by atoms with Crippen LogP contribution in [0.3, 0.4) is 0 Å². The van der Waals surface area contributed by atoms with Crippen molar-refractivity contribution in [2.45, 2.75) is 6.92 Å². The summed E-state index contributed by atoms with van der Waals surface area (Å²) >= 11 is 1.51. The molecule has 2 aromatic carbocycles. The van der Waals surface area contributed by atoms with Crippen molar-refractivity contribution in [3.63, 3.8) is 0 Å². The Labute approximate surface area is 132 Å². The van der Waals surface area contributed by atoms with Crippen molar-refractivity contribution in [3.05, 3.63) is 47.8 Å². The zero-order valence-electron chi connectivity index (χ0n) is 12.0. The monoisotopic (exact) mass is 313 g/mol. The van der Waals surface area contributed by atoms with Crippen molar-refractivity contribution in [2.24, 2.45) is 0 Å². The molecule has 0 bridgehead atoms. The summed E-state index contributed by atoms with van der Waals surface area (Å²) in [7, 11) is 0. The van der Waals surface area contributed by atoms with Crippen LogP contribution in [-0.4, -0.2) is 21.8 Å². The fourth-order valence-corrected chi connectivity index (χ4v) is 3.00. The Morgan fingerprint density at radius 1 is 1.09 bits per heavy atom. The van der Waals surface area contributed by atoms with Crippen LogP contribution in [-0.2, 0) is 0 Å². The Morgan fingerprint density at radius 3 is 2.68 bits per heavy atom. The number of benzene rings is 2. The molecule has 0 saturated heterocycles. The minimum Gasteiger partial charge on any atom is -0.504 e. The number of phenolic OH excluding ortho intramolecular Hbond substituents is 2. The van der Waals surface area contributed by atoms with Gasteiger partial charge in [-0.1, -0.05) is 12.1 Å². The van der Waals surface area contributed by atoms with Crippen LogP contribution in [0.2, 0.25) is 0 Å². The molecule has 2 N–H and O–H groups in total. The number of ether oxygens (including phenoxy) is 1. The van der Waals surface area contributed by atoms with E-state index in [1.165, 1.54) is 23.5 Å². The molecule has 1 heterocycles. The van der Waals surface area contributed by atoms with Gasteiger partial charge in [0.25, 0.3) is 0 Å². The second-order valence-corrected chi connectivity index (χ2v) is 5.53. The van der Waals surface area contributed by atoms with Crippen LogP contribution >= 0.6 is 11.3 Å². The first-order valence-corrected chi connectivity index (χ1v) is 7.77. The summed E-state index contributed by atoms with van der Waals surface area (Å²) in [6.07, 6.45) is 0. The van der Waals surface area contributed by atoms with E-state index in [9.17, 15) is 10.2 Å². The van der Waals surface area contributed by atoms with Crippen molar-refractivity contribution in [1.82, 2.24) is 4.98 Å². The van der Waals surface area contributed by atoms with E-state index >= 15 is 0 Å². The molecular weight excluding hydrogens is 298 g/mol. The number of aromatic hydroxyl groups is 2. The molecule has 0 fully saturated rings. The van der Waals surface area contributed by atoms with Gasteiger partial charge in [0.15, 0.2) is 11.5 Å². The van der Waals surface area contributed by atoms with Gasteiger partial charge in [0.05, 0.1) is 17.9 Å². The second-order valence-electron chi connectivity index (χ2n) is 4.67. The van der Waals surface area contributed by atoms with Crippen LogP contribution in [0.4, 0.5) is 0 Å². The van der Waals surface area contributed by atoms with E-state index in [-0.39, 0.29) is 11.5 Å². The van der Waals surface area contributed by atoms with Crippen LogP contribution in [0.1, 0.15) is 6.92 Å². The molecule has 0 aliphatic carbocycles. The highest BCUT2D eigenvalue weighted by atomic mass is 32.1. The molecule has 0 unspecified atom stereocenters. The Hall–Kier alpha value is -2.53. The van der Waals surface area contributed by atoms with Gasteiger partial charge in [0.1, 0.15) is 10.8 Å². The first-order valence-electron chi connectivity index (χ1n) is 6.89. The lowest BCUT2D eigenvalue weighted by molar-refractivity contribution is 0.341. The number of nitrogens with zero attached hydrogens (tertiary/aromatic N) is 1. The van der Waals surface area contributed by atoms with Gasteiger partial charge < -0.3 is 14.9 Å². The average Bonchev–Trinajstić information content (AvgIpc) is 3.01. The summed E-state index contributed by atoms with van der Waals surface area (Å²) < 4.78 is 5.63. The zero-order chi connectivity index (χ0) is 15.5. The molecule has 0 amide bonds. The molecule has 22 heavy (non-hydrogen) atoms. The van der Waals surface area contributed by atoms with E-state index < -0.39 is 0 Å². The highest BCUT2D eigenvalue weighted by Gasteiger charge is 2.12. The van der Waals surface area contributed by atoms with Crippen molar-refractivity contribution in [3.8, 4) is 39.1 Å². The number of aromatic nitrogens is 1. The van der Waals surface area contributed by atoms with Gasteiger partial charge in [-0.05, 0) is 37.3 Å². The molecular formula is C17H15NO3S. The first-order chi connectivity index (χ1) is 10.7. The summed E-state index contributed by atoms with van der Waals surface area (Å²) in [4.78, 5) is 4.61. The van der Waals surface area contributed by atoms with Crippen LogP contribution < -0.4 is 4.74 Å². The van der Waals surface area contributed by atoms with E-state index in [0.717, 1.165) is 27.6 Å². The number of hydrogen-bond acceptors (Lipinski definition) is 5. The highest BCUT2D eigenvalue weighted by Crippen LogP contribution is 2.36. The number of hydrogen-bond donors (Lipinski definition) is 2. The van der Waals surface area contributed by atoms with Crippen LogP contribution in [0.15, 0.2) is 47.8 Å². The number of para-hydroxylation sites is 1. The maximum atomic E-state index is 9.60. The molecule has 3 rings (SSSR count). The molecule has 5 heteroatoms. The Kier molecular flexibility index (Phi) is 3.98. The second kappa shape index (κ2) is 6.07. The quantitative estimate of drug-likeness (QED) is 0.705. The van der Waals surface area contributed by atoms with Gasteiger partial charge in [-0.3, -0.25) is 0 Å². The number of thiazole rings is 1. The smallest absolute Gasteiger partial charge is 0.158 e. The van der Waals surface area contributed by atoms with E-state index in [1.54, 1.807) is 6.07 Å². The standard InChI is InChI=1S/C17H15NO3S/c1-2-21-16-6-4-3-5-12(16)17-18-13(10-22-17)11-7-8-14(19)15(20)9-11/h3-10,19-20H,2H2,1H3. The van der Waals surface area contributed by atoms with Gasteiger partial charge in [-0.2, -0.15) is 0 Å². The van der Waals surface area contributed by atoms with Crippen LogP contribution in [0, 0.1) is 0 Å². The fourth-order valence-electron chi connectivity index (χ4n) is 2.14. The van der Waals surface area contributed by atoms with Crippen LogP contribution in [0.25, 0.3) is 21.8 Å². The van der Waals surface area contributed by atoms with Gasteiger partial charge in [-0.15, -0.1) is 11.3 Å². The minimum atomic E-state index is -0.151. The van der Waals surface area contributed by atoms with Gasteiger partial charge in [0, 0.05) is 10.9 Å². The Morgan fingerprint density at radius 2 is 1.91 bits per heavy atom. The predicted octanol–water partition coefficient (Wildman–Crippen LogP) is 4.29. The third kappa shape index (κ3) is 2.76. The molecule has 0 saturated carbocycles. The van der Waals surface area contributed by atoms with E-state index in [4.69, 9.17) is 4.74 Å². The predicted molar refractivity (Wildman–Crippen MR) is 87.5 cm³/mol. The molecule has 0 spiro atoms. The summed E-state index contributed by atoms with van der Waals surface area (Å²) in [6.45, 7) is 2.55. The van der Waals surface area contributed by atoms with Gasteiger partial charge >= 0.3 is 0 Å². The van der Waals surface area contributed by atoms with Crippen molar-refractivity contribution < 1.29 is 14.9 Å². The lowest BCUT2D eigenvalue weighted by Gasteiger charge is -2.07. The minimum absolute atomic E-state index is 0.138. The largest absolute Gasteiger partial charge is 0.504 e. The lowest BCUT2D eigenvalue weighted by atomic mass is 10.1. The normalized spacial score (nSPS) is 10.6. The van der Waals surface area contributed by atoms with E-state index in [2.05, 4.69) is 4.98 Å². The third-order valence-electron chi connectivity index (χ3n) is 3.19. The zero-order valence-corrected chi connectivity index (χ0v) is 12.8. The van der Waals surface area contributed by atoms with Crippen molar-refractivity contribution in [1.29, 1.82) is 0 Å². The molecule has 1 aromatic heterocycles. The maximum absolute atomic E-state index is 9.60. The van der Waals surface area contributed by atoms with Crippen molar-refractivity contribution in [2.75, 3.05) is 6.61 Å². The molecule has 0 aliphatic rings. The third-order valence-corrected chi connectivity index (χ3v) is 4.07. The van der Waals surface area contributed by atoms with Crippen molar-refractivity contribution >= 4 is 11.3 Å². The summed E-state index contributed by atoms with van der Waals surface area (Å²) in [5.74, 6) is 0.516. The Bertz CT molecular complexity index is 798. The average molecular weight is 313 g/mol. The van der Waals surface area contributed by atoms with Gasteiger partial charge in [-0.25, -0.2) is 4.98 Å². The molecule has 0 aliphatic heterocycles. The number of rotatable bonds is 4. The molecule has 0 atom stereocenters. The molecule has 4 nitrogen and oxygen atoms in total. The lowest BCUT2D eigenvalue weighted by Crippen LogP contribution is -1.93.